The number of Topliss-reactive ketones (excluding diaryl/α,β-unsaturated/α-hetero) is 1. The van der Waals surface area contributed by atoms with Crippen molar-refractivity contribution >= 4 is 5.78 Å². The summed E-state index contributed by atoms with van der Waals surface area (Å²) in [6, 6.07) is 5.82. The average Bonchev–Trinajstić information content (AvgIpc) is 2.40. The van der Waals surface area contributed by atoms with Gasteiger partial charge in [-0.05, 0) is 39.6 Å². The molecule has 3 nitrogen and oxygen atoms in total. The maximum atomic E-state index is 12.4. The first kappa shape index (κ1) is 12.1. The Bertz CT molecular complexity index is 426. The quantitative estimate of drug-likeness (QED) is 0.783. The third-order valence-corrected chi connectivity index (χ3v) is 3.08. The smallest absolute Gasteiger partial charge is 0.171 e. The molecular weight excluding hydrogens is 214 g/mol. The first-order chi connectivity index (χ1) is 8.08. The van der Waals surface area contributed by atoms with E-state index in [0.717, 1.165) is 29.8 Å². The molecule has 1 aliphatic heterocycles. The lowest BCUT2D eigenvalue weighted by Gasteiger charge is -2.17. The molecule has 0 aromatic heterocycles. The molecule has 1 atom stereocenters. The Morgan fingerprint density at radius 1 is 1.41 bits per heavy atom. The van der Waals surface area contributed by atoms with Crippen molar-refractivity contribution in [2.75, 3.05) is 27.2 Å². The Morgan fingerprint density at radius 3 is 2.88 bits per heavy atom. The number of ether oxygens (including phenoxy) is 1. The number of aryl methyl sites for hydroxylation is 1. The molecule has 1 aliphatic rings. The Labute approximate surface area is 102 Å². The van der Waals surface area contributed by atoms with Crippen LogP contribution in [0.4, 0.5) is 0 Å². The van der Waals surface area contributed by atoms with Crippen LogP contribution in [0.15, 0.2) is 18.2 Å². The number of ketones is 1. The highest BCUT2D eigenvalue weighted by molar-refractivity contribution is 6.00. The number of fused-ring (bicyclic) bond motifs is 1. The molecule has 0 N–H and O–H groups in total. The first-order valence-corrected chi connectivity index (χ1v) is 6.00. The summed E-state index contributed by atoms with van der Waals surface area (Å²) >= 11 is 0. The molecule has 1 heterocycles. The minimum absolute atomic E-state index is 0.0491. The van der Waals surface area contributed by atoms with Crippen molar-refractivity contribution in [2.45, 2.75) is 13.3 Å². The second kappa shape index (κ2) is 4.88. The van der Waals surface area contributed by atoms with Crippen LogP contribution in [-0.2, 0) is 0 Å². The maximum absolute atomic E-state index is 12.4. The molecule has 0 bridgehead atoms. The average molecular weight is 233 g/mol. The highest BCUT2D eigenvalue weighted by atomic mass is 16.5. The lowest BCUT2D eigenvalue weighted by molar-refractivity contribution is 0.0891. The Kier molecular flexibility index (Phi) is 3.48. The molecule has 3 heteroatoms. The van der Waals surface area contributed by atoms with Gasteiger partial charge < -0.3 is 9.64 Å². The van der Waals surface area contributed by atoms with Gasteiger partial charge in [-0.1, -0.05) is 11.6 Å². The molecule has 0 spiro atoms. The van der Waals surface area contributed by atoms with E-state index in [1.165, 1.54) is 0 Å². The van der Waals surface area contributed by atoms with Crippen LogP contribution in [0.5, 0.6) is 5.75 Å². The van der Waals surface area contributed by atoms with Gasteiger partial charge in [0, 0.05) is 12.5 Å². The van der Waals surface area contributed by atoms with Gasteiger partial charge in [0.05, 0.1) is 12.2 Å². The van der Waals surface area contributed by atoms with E-state index >= 15 is 0 Å². The second-order valence-corrected chi connectivity index (χ2v) is 4.96. The zero-order valence-corrected chi connectivity index (χ0v) is 10.7. The number of benzene rings is 1. The molecule has 1 aromatic rings. The number of carbonyl (C=O) groups excluding carboxylic acids is 1. The summed E-state index contributed by atoms with van der Waals surface area (Å²) < 4.78 is 5.65. The van der Waals surface area contributed by atoms with Gasteiger partial charge >= 0.3 is 0 Å². The fourth-order valence-corrected chi connectivity index (χ4v) is 2.24. The second-order valence-electron chi connectivity index (χ2n) is 4.96. The number of hydrogen-bond acceptors (Lipinski definition) is 3. The van der Waals surface area contributed by atoms with Gasteiger partial charge in [-0.15, -0.1) is 0 Å². The highest BCUT2D eigenvalue weighted by Crippen LogP contribution is 2.28. The van der Waals surface area contributed by atoms with Crippen LogP contribution in [0.25, 0.3) is 0 Å². The summed E-state index contributed by atoms with van der Waals surface area (Å²) in [5.41, 5.74) is 1.85. The van der Waals surface area contributed by atoms with Crippen molar-refractivity contribution in [3.8, 4) is 5.75 Å². The highest BCUT2D eigenvalue weighted by Gasteiger charge is 2.26. The third-order valence-electron chi connectivity index (χ3n) is 3.08. The minimum Gasteiger partial charge on any atom is -0.493 e. The fraction of sp³-hybridized carbons (Fsp3) is 0.500. The number of carbonyl (C=O) groups is 1. The van der Waals surface area contributed by atoms with Crippen LogP contribution >= 0.6 is 0 Å². The lowest BCUT2D eigenvalue weighted by Crippen LogP contribution is -2.28. The van der Waals surface area contributed by atoms with Crippen LogP contribution in [-0.4, -0.2) is 37.9 Å². The summed E-state index contributed by atoms with van der Waals surface area (Å²) in [6.07, 6.45) is 0.796. The molecule has 0 radical (unpaired) electrons. The number of hydrogen-bond donors (Lipinski definition) is 0. The van der Waals surface area contributed by atoms with Gasteiger partial charge in [0.1, 0.15) is 5.75 Å². The summed E-state index contributed by atoms with van der Waals surface area (Å²) in [7, 11) is 3.99. The van der Waals surface area contributed by atoms with Crippen molar-refractivity contribution in [3.63, 3.8) is 0 Å². The molecule has 17 heavy (non-hydrogen) atoms. The Morgan fingerprint density at radius 2 is 2.18 bits per heavy atom. The van der Waals surface area contributed by atoms with E-state index < -0.39 is 0 Å². The van der Waals surface area contributed by atoms with E-state index in [1.54, 1.807) is 0 Å². The number of nitrogens with zero attached hydrogens (tertiary/aromatic N) is 1. The van der Waals surface area contributed by atoms with E-state index in [2.05, 4.69) is 4.90 Å². The van der Waals surface area contributed by atoms with Gasteiger partial charge in [-0.25, -0.2) is 0 Å². The molecular formula is C14H19NO2. The van der Waals surface area contributed by atoms with E-state index in [0.29, 0.717) is 6.61 Å². The minimum atomic E-state index is 0.0491. The summed E-state index contributed by atoms with van der Waals surface area (Å²) in [6.45, 7) is 3.41. The summed E-state index contributed by atoms with van der Waals surface area (Å²) in [4.78, 5) is 14.5. The van der Waals surface area contributed by atoms with Gasteiger partial charge in [-0.2, -0.15) is 0 Å². The molecule has 0 aliphatic carbocycles. The standard InChI is InChI=1S/C14H19NO2/c1-10-4-5-13-12(8-10)14(16)11(6-7-17-13)9-15(2)3/h4-5,8,11H,6-7,9H2,1-3H3. The van der Waals surface area contributed by atoms with Gasteiger partial charge in [0.2, 0.25) is 0 Å². The molecule has 92 valence electrons. The topological polar surface area (TPSA) is 29.5 Å². The largest absolute Gasteiger partial charge is 0.493 e. The van der Waals surface area contributed by atoms with E-state index in [4.69, 9.17) is 4.74 Å². The Balaban J connectivity index is 2.31. The van der Waals surface area contributed by atoms with Crippen molar-refractivity contribution in [1.82, 2.24) is 4.90 Å². The SMILES string of the molecule is Cc1ccc2c(c1)C(=O)C(CN(C)C)CCO2. The fourth-order valence-electron chi connectivity index (χ4n) is 2.24. The van der Waals surface area contributed by atoms with Crippen LogP contribution < -0.4 is 4.74 Å². The number of rotatable bonds is 2. The molecule has 1 aromatic carbocycles. The van der Waals surface area contributed by atoms with Crippen molar-refractivity contribution < 1.29 is 9.53 Å². The van der Waals surface area contributed by atoms with E-state index in [-0.39, 0.29) is 11.7 Å². The third kappa shape index (κ3) is 2.67. The van der Waals surface area contributed by atoms with Crippen LogP contribution in [0.1, 0.15) is 22.3 Å². The maximum Gasteiger partial charge on any atom is 0.171 e. The van der Waals surface area contributed by atoms with Gasteiger partial charge in [0.15, 0.2) is 5.78 Å². The molecule has 2 rings (SSSR count). The van der Waals surface area contributed by atoms with Crippen LogP contribution in [0.3, 0.4) is 0 Å². The zero-order chi connectivity index (χ0) is 12.4. The van der Waals surface area contributed by atoms with Crippen molar-refractivity contribution in [3.05, 3.63) is 29.3 Å². The zero-order valence-electron chi connectivity index (χ0n) is 10.7. The van der Waals surface area contributed by atoms with Crippen LogP contribution in [0, 0.1) is 12.8 Å². The van der Waals surface area contributed by atoms with Crippen molar-refractivity contribution in [1.29, 1.82) is 0 Å². The monoisotopic (exact) mass is 233 g/mol. The van der Waals surface area contributed by atoms with E-state index in [1.807, 2.05) is 39.2 Å². The Hall–Kier alpha value is -1.35. The van der Waals surface area contributed by atoms with Gasteiger partial charge in [-0.3, -0.25) is 4.79 Å². The normalized spacial score (nSPS) is 19.8. The van der Waals surface area contributed by atoms with E-state index in [9.17, 15) is 4.79 Å². The molecule has 1 unspecified atom stereocenters. The van der Waals surface area contributed by atoms with Crippen molar-refractivity contribution in [2.24, 2.45) is 5.92 Å². The molecule has 0 saturated heterocycles. The van der Waals surface area contributed by atoms with Crippen LogP contribution in [0.2, 0.25) is 0 Å². The molecule has 0 fully saturated rings. The summed E-state index contributed by atoms with van der Waals surface area (Å²) in [5.74, 6) is 1.00. The predicted molar refractivity (Wildman–Crippen MR) is 67.7 cm³/mol. The molecule has 0 saturated carbocycles. The predicted octanol–water partition coefficient (Wildman–Crippen LogP) is 2.14. The lowest BCUT2D eigenvalue weighted by atomic mass is 9.94. The first-order valence-electron chi connectivity index (χ1n) is 6.00. The summed E-state index contributed by atoms with van der Waals surface area (Å²) in [5, 5.41) is 0. The van der Waals surface area contributed by atoms with Gasteiger partial charge in [0.25, 0.3) is 0 Å². The molecule has 0 amide bonds.